The highest BCUT2D eigenvalue weighted by atomic mass is 16.3. The normalized spacial score (nSPS) is 10.2. The Balaban J connectivity index is 2.03. The molecule has 0 saturated carbocycles. The van der Waals surface area contributed by atoms with Gasteiger partial charge in [-0.15, -0.1) is 0 Å². The lowest BCUT2D eigenvalue weighted by Gasteiger charge is -2.05. The molecule has 0 bridgehead atoms. The fourth-order valence-corrected chi connectivity index (χ4v) is 1.41. The number of phenolic OH excluding ortho intramolecular Hbond substituents is 1. The number of carbonyl (C=O) groups is 1. The van der Waals surface area contributed by atoms with E-state index in [1.807, 2.05) is 0 Å². The van der Waals surface area contributed by atoms with Gasteiger partial charge in [0, 0.05) is 12.6 Å². The van der Waals surface area contributed by atoms with Gasteiger partial charge in [-0.05, 0) is 6.07 Å². The Morgan fingerprint density at radius 3 is 2.88 bits per heavy atom. The molecule has 2 rings (SSSR count). The van der Waals surface area contributed by atoms with Crippen LogP contribution in [0.2, 0.25) is 0 Å². The lowest BCUT2D eigenvalue weighted by atomic mass is 10.1. The summed E-state index contributed by atoms with van der Waals surface area (Å²) in [4.78, 5) is 15.6. The molecule has 0 fully saturated rings. The largest absolute Gasteiger partial charge is 0.508 e. The van der Waals surface area contributed by atoms with Gasteiger partial charge in [0.1, 0.15) is 12.1 Å². The molecule has 0 radical (unpaired) electrons. The van der Waals surface area contributed by atoms with Gasteiger partial charge in [0.15, 0.2) is 0 Å². The molecule has 0 aliphatic rings. The lowest BCUT2D eigenvalue weighted by Crippen LogP contribution is -2.17. The predicted octanol–water partition coefficient (Wildman–Crippen LogP) is 0.702. The Morgan fingerprint density at radius 2 is 2.24 bits per heavy atom. The van der Waals surface area contributed by atoms with Gasteiger partial charge >= 0.3 is 0 Å². The van der Waals surface area contributed by atoms with Crippen LogP contribution in [0.5, 0.6) is 5.75 Å². The van der Waals surface area contributed by atoms with Crippen LogP contribution in [-0.2, 0) is 18.3 Å². The molecule has 17 heavy (non-hydrogen) atoms. The van der Waals surface area contributed by atoms with E-state index in [-0.39, 0.29) is 18.1 Å². The van der Waals surface area contributed by atoms with Crippen LogP contribution in [0, 0.1) is 0 Å². The number of hydrogen-bond acceptors (Lipinski definition) is 4. The molecular weight excluding hydrogens is 220 g/mol. The summed E-state index contributed by atoms with van der Waals surface area (Å²) in [5, 5.41) is 16.0. The first kappa shape index (κ1) is 11.1. The van der Waals surface area contributed by atoms with Crippen molar-refractivity contribution in [2.75, 3.05) is 5.32 Å². The summed E-state index contributed by atoms with van der Waals surface area (Å²) in [6, 6.07) is 6.72. The highest BCUT2D eigenvalue weighted by Gasteiger charge is 2.09. The highest BCUT2D eigenvalue weighted by Crippen LogP contribution is 2.16. The predicted molar refractivity (Wildman–Crippen MR) is 61.4 cm³/mol. The number of aromatic hydroxyl groups is 1. The number of benzene rings is 1. The number of nitrogens with one attached hydrogen (secondary N) is 1. The smallest absolute Gasteiger partial charge is 0.231 e. The summed E-state index contributed by atoms with van der Waals surface area (Å²) in [6.45, 7) is 0. The maximum absolute atomic E-state index is 11.7. The number of hydrogen-bond donors (Lipinski definition) is 2. The van der Waals surface area contributed by atoms with Gasteiger partial charge < -0.3 is 5.11 Å². The molecule has 0 saturated heterocycles. The Hall–Kier alpha value is -2.37. The number of rotatable bonds is 3. The average molecular weight is 232 g/mol. The second-order valence-electron chi connectivity index (χ2n) is 3.56. The van der Waals surface area contributed by atoms with Gasteiger partial charge in [0.05, 0.1) is 6.42 Å². The minimum atomic E-state index is -0.248. The van der Waals surface area contributed by atoms with E-state index in [0.717, 1.165) is 0 Å². The van der Waals surface area contributed by atoms with Crippen LogP contribution in [0.3, 0.4) is 0 Å². The van der Waals surface area contributed by atoms with Crippen molar-refractivity contribution in [3.05, 3.63) is 36.2 Å². The lowest BCUT2D eigenvalue weighted by molar-refractivity contribution is -0.115. The number of aryl methyl sites for hydroxylation is 1. The number of para-hydroxylation sites is 1. The van der Waals surface area contributed by atoms with Crippen molar-refractivity contribution in [3.63, 3.8) is 0 Å². The van der Waals surface area contributed by atoms with Crippen LogP contribution in [0.4, 0.5) is 5.95 Å². The summed E-state index contributed by atoms with van der Waals surface area (Å²) in [6.07, 6.45) is 1.45. The second kappa shape index (κ2) is 4.65. The monoisotopic (exact) mass is 232 g/mol. The average Bonchev–Trinajstić information content (AvgIpc) is 2.68. The zero-order valence-corrected chi connectivity index (χ0v) is 9.29. The maximum Gasteiger partial charge on any atom is 0.231 e. The molecule has 1 aromatic carbocycles. The number of aromatic nitrogens is 3. The number of phenols is 1. The number of nitrogens with zero attached hydrogens (tertiary/aromatic N) is 3. The third-order valence-electron chi connectivity index (χ3n) is 2.31. The summed E-state index contributed by atoms with van der Waals surface area (Å²) in [5.41, 5.74) is 0.576. The number of carbonyl (C=O) groups excluding carboxylic acids is 1. The molecule has 0 spiro atoms. The van der Waals surface area contributed by atoms with Gasteiger partial charge in [0.2, 0.25) is 11.9 Å². The fourth-order valence-electron chi connectivity index (χ4n) is 1.41. The van der Waals surface area contributed by atoms with Crippen LogP contribution in [0.15, 0.2) is 30.6 Å². The van der Waals surface area contributed by atoms with E-state index >= 15 is 0 Å². The molecule has 6 heteroatoms. The minimum absolute atomic E-state index is 0.0968. The van der Waals surface area contributed by atoms with Crippen molar-refractivity contribution in [2.45, 2.75) is 6.42 Å². The summed E-state index contributed by atoms with van der Waals surface area (Å²) < 4.78 is 1.46. The van der Waals surface area contributed by atoms with Gasteiger partial charge in [0.25, 0.3) is 0 Å². The van der Waals surface area contributed by atoms with Crippen molar-refractivity contribution < 1.29 is 9.90 Å². The van der Waals surface area contributed by atoms with Crippen LogP contribution < -0.4 is 5.32 Å². The topological polar surface area (TPSA) is 80.0 Å². The Bertz CT molecular complexity index is 536. The molecule has 1 heterocycles. The minimum Gasteiger partial charge on any atom is -0.508 e. The molecular formula is C11H12N4O2. The Morgan fingerprint density at radius 1 is 1.47 bits per heavy atom. The molecule has 6 nitrogen and oxygen atoms in total. The molecule has 88 valence electrons. The highest BCUT2D eigenvalue weighted by molar-refractivity contribution is 5.91. The molecule has 2 aromatic rings. The molecule has 2 N–H and O–H groups in total. The van der Waals surface area contributed by atoms with Crippen LogP contribution >= 0.6 is 0 Å². The third kappa shape index (κ3) is 2.60. The zero-order chi connectivity index (χ0) is 12.3. The molecule has 0 unspecified atom stereocenters. The summed E-state index contributed by atoms with van der Waals surface area (Å²) in [7, 11) is 1.68. The third-order valence-corrected chi connectivity index (χ3v) is 2.31. The number of amides is 1. The fraction of sp³-hybridized carbons (Fsp3) is 0.182. The second-order valence-corrected chi connectivity index (χ2v) is 3.56. The Labute approximate surface area is 97.9 Å². The van der Waals surface area contributed by atoms with E-state index < -0.39 is 0 Å². The first-order valence-corrected chi connectivity index (χ1v) is 5.07. The van der Waals surface area contributed by atoms with Gasteiger partial charge in [-0.3, -0.25) is 10.1 Å². The van der Waals surface area contributed by atoms with Crippen molar-refractivity contribution >= 4 is 11.9 Å². The van der Waals surface area contributed by atoms with E-state index in [1.54, 1.807) is 31.3 Å². The van der Waals surface area contributed by atoms with Crippen molar-refractivity contribution in [1.82, 2.24) is 14.8 Å². The van der Waals surface area contributed by atoms with E-state index in [1.165, 1.54) is 11.0 Å². The maximum atomic E-state index is 11.7. The zero-order valence-electron chi connectivity index (χ0n) is 9.29. The van der Waals surface area contributed by atoms with Crippen molar-refractivity contribution in [3.8, 4) is 5.75 Å². The van der Waals surface area contributed by atoms with Gasteiger partial charge in [-0.2, -0.15) is 10.1 Å². The summed E-state index contributed by atoms with van der Waals surface area (Å²) in [5.74, 6) is 0.244. The van der Waals surface area contributed by atoms with Crippen molar-refractivity contribution in [2.24, 2.45) is 7.05 Å². The van der Waals surface area contributed by atoms with Gasteiger partial charge in [-0.25, -0.2) is 4.68 Å². The Kier molecular flexibility index (Phi) is 3.04. The van der Waals surface area contributed by atoms with E-state index in [2.05, 4.69) is 15.4 Å². The van der Waals surface area contributed by atoms with Crippen LogP contribution in [-0.4, -0.2) is 25.8 Å². The number of anilines is 1. The molecule has 0 atom stereocenters. The molecule has 1 amide bonds. The van der Waals surface area contributed by atoms with Crippen LogP contribution in [0.25, 0.3) is 0 Å². The van der Waals surface area contributed by atoms with Gasteiger partial charge in [-0.1, -0.05) is 18.2 Å². The molecule has 0 aliphatic heterocycles. The van der Waals surface area contributed by atoms with E-state index in [4.69, 9.17) is 0 Å². The molecule has 1 aromatic heterocycles. The van der Waals surface area contributed by atoms with E-state index in [0.29, 0.717) is 11.5 Å². The summed E-state index contributed by atoms with van der Waals surface area (Å²) >= 11 is 0. The van der Waals surface area contributed by atoms with Crippen molar-refractivity contribution in [1.29, 1.82) is 0 Å². The quantitative estimate of drug-likeness (QED) is 0.816. The molecule has 0 aliphatic carbocycles. The van der Waals surface area contributed by atoms with E-state index in [9.17, 15) is 9.90 Å². The first-order chi connectivity index (χ1) is 8.16. The van der Waals surface area contributed by atoms with Crippen LogP contribution in [0.1, 0.15) is 5.56 Å². The SMILES string of the molecule is Cn1ncnc1NC(=O)Cc1ccccc1O. The first-order valence-electron chi connectivity index (χ1n) is 5.07. The standard InChI is InChI=1S/C11H12N4O2/c1-15-11(12-7-13-15)14-10(17)6-8-4-2-3-5-9(8)16/h2-5,7,16H,6H2,1H3,(H,12,13,14,17).